The quantitative estimate of drug-likeness (QED) is 0.0618. The van der Waals surface area contributed by atoms with Crippen LogP contribution in [-0.4, -0.2) is 76.6 Å². The van der Waals surface area contributed by atoms with Crippen molar-refractivity contribution in [2.75, 3.05) is 0 Å². The molecule has 0 spiro atoms. The van der Waals surface area contributed by atoms with E-state index in [4.69, 9.17) is 0 Å². The molecule has 0 saturated carbocycles. The Balaban J connectivity index is 2.16. The zero-order valence-electron chi connectivity index (χ0n) is 25.8. The number of unbranched alkanes of at least 4 members (excludes halogenated alkanes) is 4. The van der Waals surface area contributed by atoms with Gasteiger partial charge < -0.3 is 4.74 Å². The van der Waals surface area contributed by atoms with E-state index in [9.17, 15) is 79.4 Å². The van der Waals surface area contributed by atoms with Gasteiger partial charge >= 0.3 is 47.9 Å². The first kappa shape index (κ1) is 43.5. The van der Waals surface area contributed by atoms with Crippen LogP contribution in [-0.2, 0) is 16.0 Å². The summed E-state index contributed by atoms with van der Waals surface area (Å²) in [5, 5.41) is 0. The smallest absolute Gasteiger partial charge is 0.385 e. The van der Waals surface area contributed by atoms with Crippen molar-refractivity contribution >= 4 is 12.0 Å². The largest absolute Gasteiger partial charge is 0.421 e. The van der Waals surface area contributed by atoms with Crippen LogP contribution in [0.15, 0.2) is 42.7 Å². The fourth-order valence-corrected chi connectivity index (χ4v) is 4.14. The van der Waals surface area contributed by atoms with Gasteiger partial charge in [0.15, 0.2) is 12.0 Å². The van der Waals surface area contributed by atoms with E-state index in [1.54, 1.807) is 12.4 Å². The van der Waals surface area contributed by atoms with Gasteiger partial charge in [-0.15, -0.1) is 0 Å². The van der Waals surface area contributed by atoms with Crippen LogP contribution in [0.3, 0.4) is 0 Å². The fourth-order valence-electron chi connectivity index (χ4n) is 4.14. The van der Waals surface area contributed by atoms with Crippen LogP contribution in [0.4, 0.5) is 74.6 Å². The topological polar surface area (TPSA) is 52.1 Å². The zero-order chi connectivity index (χ0) is 39.2. The summed E-state index contributed by atoms with van der Waals surface area (Å²) >= 11 is 0. The van der Waals surface area contributed by atoms with Crippen LogP contribution >= 0.6 is 0 Å². The van der Waals surface area contributed by atoms with E-state index < -0.39 is 66.6 Å². The summed E-state index contributed by atoms with van der Waals surface area (Å²) in [7, 11) is 0. The normalized spacial score (nSPS) is 15.7. The summed E-state index contributed by atoms with van der Waals surface area (Å²) in [6.45, 7) is 2.08. The van der Waals surface area contributed by atoms with Crippen molar-refractivity contribution in [3.05, 3.63) is 53.9 Å². The molecule has 0 bridgehead atoms. The van der Waals surface area contributed by atoms with E-state index in [1.165, 1.54) is 24.3 Å². The Labute approximate surface area is 278 Å². The maximum Gasteiger partial charge on any atom is 0.385 e. The standard InChI is InChI=1S/C30H27F17N2O2/c1-2-3-4-5-6-7-17-14-48-23(49-15-17)18-11-8-16(9-12-18)10-13-19(50)51-24(35)26(38,39)28(42,43)30(46,47)29(44,45)27(40,41)25(36,37)21(32)20(31)22(33)34/h8-15,20-22,24H,2-7H2,1H3. The lowest BCUT2D eigenvalue weighted by Gasteiger charge is -2.42. The average molecular weight is 771 g/mol. The predicted octanol–water partition coefficient (Wildman–Crippen LogP) is 10.3. The number of aromatic nitrogens is 2. The van der Waals surface area contributed by atoms with Gasteiger partial charge in [0.05, 0.1) is 0 Å². The summed E-state index contributed by atoms with van der Waals surface area (Å²) in [5.74, 6) is -50.7. The SMILES string of the molecule is CCCCCCCc1cnc(-c2ccc(C=CC(=O)OC(F)C(F)(F)C(F)(F)C(F)(F)C(F)(F)C(F)(F)C(F)(F)C(F)C(F)C(F)F)cc2)nc1. The number of alkyl halides is 17. The first-order valence-corrected chi connectivity index (χ1v) is 14.6. The average Bonchev–Trinajstić information content (AvgIpc) is 3.06. The number of nitrogens with zero attached hydrogens (tertiary/aromatic N) is 2. The Kier molecular flexibility index (Phi) is 13.9. The van der Waals surface area contributed by atoms with Crippen molar-refractivity contribution in [3.8, 4) is 11.4 Å². The Hall–Kier alpha value is -3.68. The van der Waals surface area contributed by atoms with Gasteiger partial charge in [-0.2, -0.15) is 57.1 Å². The van der Waals surface area contributed by atoms with Crippen molar-refractivity contribution in [3.63, 3.8) is 0 Å². The summed E-state index contributed by atoms with van der Waals surface area (Å²) < 4.78 is 234. The minimum atomic E-state index is -8.53. The molecule has 0 amide bonds. The number of aryl methyl sites for hydroxylation is 1. The molecule has 3 unspecified atom stereocenters. The first-order valence-electron chi connectivity index (χ1n) is 14.6. The molecular weight excluding hydrogens is 743 g/mol. The zero-order valence-corrected chi connectivity index (χ0v) is 25.8. The number of carbonyl (C=O) groups is 1. The van der Waals surface area contributed by atoms with Crippen LogP contribution < -0.4 is 0 Å². The van der Waals surface area contributed by atoms with Crippen LogP contribution in [0.25, 0.3) is 17.5 Å². The van der Waals surface area contributed by atoms with E-state index in [2.05, 4.69) is 21.6 Å². The molecule has 51 heavy (non-hydrogen) atoms. The molecule has 2 rings (SSSR count). The summed E-state index contributed by atoms with van der Waals surface area (Å²) in [4.78, 5) is 20.2. The summed E-state index contributed by atoms with van der Waals surface area (Å²) in [5.41, 5.74) is 1.28. The van der Waals surface area contributed by atoms with E-state index in [1.807, 2.05) is 0 Å². The lowest BCUT2D eigenvalue weighted by atomic mass is 9.89. The van der Waals surface area contributed by atoms with Gasteiger partial charge in [0.2, 0.25) is 6.17 Å². The second-order valence-electron chi connectivity index (χ2n) is 11.0. The molecule has 1 aromatic heterocycles. The molecule has 1 aromatic carbocycles. The minimum absolute atomic E-state index is 0.00485. The first-order chi connectivity index (χ1) is 23.3. The summed E-state index contributed by atoms with van der Waals surface area (Å²) in [6, 6.07) is 5.19. The highest BCUT2D eigenvalue weighted by molar-refractivity contribution is 5.87. The van der Waals surface area contributed by atoms with Crippen molar-refractivity contribution in [1.29, 1.82) is 0 Å². The van der Waals surface area contributed by atoms with Crippen molar-refractivity contribution in [2.24, 2.45) is 0 Å². The maximum atomic E-state index is 14.0. The van der Waals surface area contributed by atoms with Crippen LogP contribution in [0, 0.1) is 0 Å². The lowest BCUT2D eigenvalue weighted by molar-refractivity contribution is -0.439. The molecule has 1 heterocycles. The third-order valence-corrected chi connectivity index (χ3v) is 7.25. The van der Waals surface area contributed by atoms with Crippen LogP contribution in [0.1, 0.15) is 50.2 Å². The van der Waals surface area contributed by atoms with Gasteiger partial charge in [0.25, 0.3) is 6.43 Å². The third-order valence-electron chi connectivity index (χ3n) is 7.25. The molecule has 0 radical (unpaired) electrons. The second kappa shape index (κ2) is 16.3. The molecule has 0 aliphatic carbocycles. The number of hydrogen-bond acceptors (Lipinski definition) is 4. The Morgan fingerprint density at radius 2 is 1.20 bits per heavy atom. The number of carbonyl (C=O) groups excluding carboxylic acids is 1. The highest BCUT2D eigenvalue weighted by atomic mass is 19.4. The van der Waals surface area contributed by atoms with Gasteiger partial charge in [0, 0.05) is 24.0 Å². The van der Waals surface area contributed by atoms with Crippen molar-refractivity contribution in [2.45, 2.75) is 106 Å². The summed E-state index contributed by atoms with van der Waals surface area (Å²) in [6.07, 6.45) is -11.3. The molecule has 0 saturated heterocycles. The highest BCUT2D eigenvalue weighted by Gasteiger charge is 2.92. The molecule has 3 atom stereocenters. The van der Waals surface area contributed by atoms with Gasteiger partial charge in [-0.1, -0.05) is 56.9 Å². The maximum absolute atomic E-state index is 14.0. The van der Waals surface area contributed by atoms with E-state index >= 15 is 0 Å². The Bertz CT molecular complexity index is 1450. The number of ether oxygens (including phenoxy) is 1. The van der Waals surface area contributed by atoms with Crippen LogP contribution in [0.2, 0.25) is 0 Å². The monoisotopic (exact) mass is 770 g/mol. The van der Waals surface area contributed by atoms with Crippen LogP contribution in [0.5, 0.6) is 0 Å². The number of benzene rings is 1. The Morgan fingerprint density at radius 1 is 0.706 bits per heavy atom. The van der Waals surface area contributed by atoms with Gasteiger partial charge in [0.1, 0.15) is 0 Å². The fraction of sp³-hybridized carbons (Fsp3) is 0.567. The molecule has 0 aliphatic rings. The molecular formula is C30H27F17N2O2. The van der Waals surface area contributed by atoms with Crippen molar-refractivity contribution in [1.82, 2.24) is 9.97 Å². The molecule has 21 heteroatoms. The molecule has 0 fully saturated rings. The molecule has 4 nitrogen and oxygen atoms in total. The Morgan fingerprint density at radius 3 is 1.69 bits per heavy atom. The third kappa shape index (κ3) is 8.86. The number of halogens is 17. The number of rotatable bonds is 19. The molecule has 0 aliphatic heterocycles. The van der Waals surface area contributed by atoms with Gasteiger partial charge in [-0.05, 0) is 30.0 Å². The van der Waals surface area contributed by atoms with Crippen molar-refractivity contribution < 1.29 is 84.2 Å². The highest BCUT2D eigenvalue weighted by Crippen LogP contribution is 2.61. The molecule has 2 aromatic rings. The number of esters is 1. The minimum Gasteiger partial charge on any atom is -0.421 e. The molecule has 0 N–H and O–H groups in total. The lowest BCUT2D eigenvalue weighted by Crippen LogP contribution is -2.73. The van der Waals surface area contributed by atoms with E-state index in [-0.39, 0.29) is 17.5 Å². The van der Waals surface area contributed by atoms with Gasteiger partial charge in [-0.25, -0.2) is 32.3 Å². The number of hydrogen-bond donors (Lipinski definition) is 0. The van der Waals surface area contributed by atoms with E-state index in [0.717, 1.165) is 44.1 Å². The predicted molar refractivity (Wildman–Crippen MR) is 145 cm³/mol. The van der Waals surface area contributed by atoms with Gasteiger partial charge in [-0.3, -0.25) is 0 Å². The second-order valence-corrected chi connectivity index (χ2v) is 11.0. The van der Waals surface area contributed by atoms with E-state index in [0.29, 0.717) is 11.6 Å². The molecule has 288 valence electrons.